The van der Waals surface area contributed by atoms with Gasteiger partial charge in [-0.1, -0.05) is 6.07 Å². The maximum Gasteiger partial charge on any atom is 0.250 e. The number of methoxy groups -OCH3 is 1. The molecule has 0 bridgehead atoms. The van der Waals surface area contributed by atoms with Crippen molar-refractivity contribution in [1.29, 1.82) is 0 Å². The minimum absolute atomic E-state index is 0.00398. The van der Waals surface area contributed by atoms with Gasteiger partial charge in [-0.2, -0.15) is 0 Å². The summed E-state index contributed by atoms with van der Waals surface area (Å²) in [5.41, 5.74) is 10.6. The van der Waals surface area contributed by atoms with Gasteiger partial charge in [-0.25, -0.2) is 4.39 Å². The molecule has 4 N–H and O–H groups in total. The zero-order valence-electron chi connectivity index (χ0n) is 10.7. The van der Waals surface area contributed by atoms with E-state index in [1.165, 1.54) is 13.2 Å². The average molecular weight is 276 g/mol. The molecule has 0 aliphatic rings. The van der Waals surface area contributed by atoms with E-state index in [0.717, 1.165) is 6.07 Å². The first-order chi connectivity index (χ1) is 9.51. The highest BCUT2D eigenvalue weighted by Crippen LogP contribution is 2.30. The van der Waals surface area contributed by atoms with Gasteiger partial charge in [0.25, 0.3) is 5.91 Å². The molecule has 104 valence electrons. The molecule has 0 spiro atoms. The van der Waals surface area contributed by atoms with Crippen LogP contribution >= 0.6 is 0 Å². The predicted molar refractivity (Wildman–Crippen MR) is 72.4 cm³/mol. The lowest BCUT2D eigenvalue weighted by Crippen LogP contribution is -2.14. The van der Waals surface area contributed by atoms with Crippen LogP contribution in [0.25, 0.3) is 0 Å². The summed E-state index contributed by atoms with van der Waals surface area (Å²) in [6.07, 6.45) is 0. The Bertz CT molecular complexity index is 659. The van der Waals surface area contributed by atoms with Gasteiger partial charge in [-0.3, -0.25) is 4.79 Å². The number of nitrogen functional groups attached to an aromatic ring is 1. The molecule has 0 aromatic heterocycles. The molecule has 0 fully saturated rings. The van der Waals surface area contributed by atoms with Crippen molar-refractivity contribution < 1.29 is 18.7 Å². The van der Waals surface area contributed by atoms with E-state index in [4.69, 9.17) is 20.9 Å². The van der Waals surface area contributed by atoms with Gasteiger partial charge in [0.15, 0.2) is 11.6 Å². The van der Waals surface area contributed by atoms with Crippen molar-refractivity contribution >= 4 is 11.6 Å². The Kier molecular flexibility index (Phi) is 3.74. The average Bonchev–Trinajstić information content (AvgIpc) is 2.41. The fourth-order valence-corrected chi connectivity index (χ4v) is 1.65. The van der Waals surface area contributed by atoms with Crippen LogP contribution in [0.1, 0.15) is 10.4 Å². The van der Waals surface area contributed by atoms with Crippen molar-refractivity contribution in [3.8, 4) is 17.2 Å². The van der Waals surface area contributed by atoms with Crippen LogP contribution in [-0.4, -0.2) is 13.0 Å². The van der Waals surface area contributed by atoms with Crippen LogP contribution in [-0.2, 0) is 0 Å². The van der Waals surface area contributed by atoms with Gasteiger partial charge in [-0.15, -0.1) is 0 Å². The third kappa shape index (κ3) is 2.80. The number of carbonyl (C=O) groups excluding carboxylic acids is 1. The Morgan fingerprint density at radius 2 is 1.90 bits per heavy atom. The van der Waals surface area contributed by atoms with Crippen molar-refractivity contribution in [2.45, 2.75) is 0 Å². The molecule has 2 aromatic carbocycles. The molecule has 2 rings (SSSR count). The number of anilines is 1. The first kappa shape index (κ1) is 13.7. The third-order valence-corrected chi connectivity index (χ3v) is 2.64. The number of halogens is 1. The molecule has 0 saturated heterocycles. The summed E-state index contributed by atoms with van der Waals surface area (Å²) in [5, 5.41) is 0. The first-order valence-corrected chi connectivity index (χ1v) is 5.72. The molecule has 0 radical (unpaired) electrons. The van der Waals surface area contributed by atoms with E-state index < -0.39 is 11.7 Å². The summed E-state index contributed by atoms with van der Waals surface area (Å²) >= 11 is 0. The largest absolute Gasteiger partial charge is 0.497 e. The molecule has 0 aliphatic heterocycles. The SMILES string of the molecule is COc1cccc(Oc2cc(C(N)=O)c(N)cc2F)c1. The lowest BCUT2D eigenvalue weighted by molar-refractivity contribution is 0.100. The molecule has 20 heavy (non-hydrogen) atoms. The van der Waals surface area contributed by atoms with Crippen molar-refractivity contribution in [2.75, 3.05) is 12.8 Å². The number of nitrogens with two attached hydrogens (primary N) is 2. The Hall–Kier alpha value is -2.76. The third-order valence-electron chi connectivity index (χ3n) is 2.64. The predicted octanol–water partition coefficient (Wildman–Crippen LogP) is 2.31. The molecule has 0 aliphatic carbocycles. The lowest BCUT2D eigenvalue weighted by atomic mass is 10.1. The lowest BCUT2D eigenvalue weighted by Gasteiger charge is -2.10. The van der Waals surface area contributed by atoms with Crippen LogP contribution < -0.4 is 20.9 Å². The number of benzene rings is 2. The monoisotopic (exact) mass is 276 g/mol. The second kappa shape index (κ2) is 5.48. The van der Waals surface area contributed by atoms with Crippen molar-refractivity contribution in [3.05, 3.63) is 47.8 Å². The highest BCUT2D eigenvalue weighted by molar-refractivity contribution is 5.98. The zero-order valence-corrected chi connectivity index (χ0v) is 10.7. The smallest absolute Gasteiger partial charge is 0.250 e. The molecule has 0 heterocycles. The van der Waals surface area contributed by atoms with Gasteiger partial charge in [0.2, 0.25) is 0 Å². The van der Waals surface area contributed by atoms with Crippen molar-refractivity contribution in [3.63, 3.8) is 0 Å². The summed E-state index contributed by atoms with van der Waals surface area (Å²) in [6, 6.07) is 8.80. The number of ether oxygens (including phenoxy) is 2. The minimum Gasteiger partial charge on any atom is -0.497 e. The van der Waals surface area contributed by atoms with Gasteiger partial charge in [0, 0.05) is 17.8 Å². The van der Waals surface area contributed by atoms with Crippen LogP contribution in [0.5, 0.6) is 17.2 Å². The highest BCUT2D eigenvalue weighted by atomic mass is 19.1. The minimum atomic E-state index is -0.752. The van der Waals surface area contributed by atoms with Crippen LogP contribution in [0.3, 0.4) is 0 Å². The maximum atomic E-state index is 13.8. The van der Waals surface area contributed by atoms with E-state index in [0.29, 0.717) is 11.5 Å². The standard InChI is InChI=1S/C14H13FN2O3/c1-19-8-3-2-4-9(5-8)20-13-6-10(14(17)18)12(16)7-11(13)15/h2-7H,16H2,1H3,(H2,17,18). The molecule has 0 saturated carbocycles. The van der Waals surface area contributed by atoms with Crippen molar-refractivity contribution in [1.82, 2.24) is 0 Å². The van der Waals surface area contributed by atoms with E-state index in [1.54, 1.807) is 24.3 Å². The van der Waals surface area contributed by atoms with Crippen LogP contribution in [0.15, 0.2) is 36.4 Å². The van der Waals surface area contributed by atoms with Crippen LogP contribution in [0.2, 0.25) is 0 Å². The summed E-state index contributed by atoms with van der Waals surface area (Å²) in [5.74, 6) is -0.647. The molecule has 0 atom stereocenters. The van der Waals surface area contributed by atoms with Crippen LogP contribution in [0, 0.1) is 5.82 Å². The molecule has 5 nitrogen and oxygen atoms in total. The van der Waals surface area contributed by atoms with Gasteiger partial charge < -0.3 is 20.9 Å². The summed E-state index contributed by atoms with van der Waals surface area (Å²) in [7, 11) is 1.51. The molecular weight excluding hydrogens is 263 g/mol. The second-order valence-electron chi connectivity index (χ2n) is 4.02. The fourth-order valence-electron chi connectivity index (χ4n) is 1.65. The topological polar surface area (TPSA) is 87.6 Å². The van der Waals surface area contributed by atoms with Gasteiger partial charge in [0.05, 0.1) is 12.7 Å². The Balaban J connectivity index is 2.37. The fraction of sp³-hybridized carbons (Fsp3) is 0.0714. The summed E-state index contributed by atoms with van der Waals surface area (Å²) in [6.45, 7) is 0. The Labute approximate surface area is 114 Å². The van der Waals surface area contributed by atoms with Crippen molar-refractivity contribution in [2.24, 2.45) is 5.73 Å². The quantitative estimate of drug-likeness (QED) is 0.839. The number of amides is 1. The van der Waals surface area contributed by atoms with E-state index in [2.05, 4.69) is 0 Å². The van der Waals surface area contributed by atoms with Gasteiger partial charge in [-0.05, 0) is 18.2 Å². The maximum absolute atomic E-state index is 13.8. The summed E-state index contributed by atoms with van der Waals surface area (Å²) < 4.78 is 24.2. The summed E-state index contributed by atoms with van der Waals surface area (Å²) in [4.78, 5) is 11.2. The molecule has 0 unspecified atom stereocenters. The number of rotatable bonds is 4. The van der Waals surface area contributed by atoms with Gasteiger partial charge >= 0.3 is 0 Å². The van der Waals surface area contributed by atoms with E-state index in [9.17, 15) is 9.18 Å². The van der Waals surface area contributed by atoms with E-state index >= 15 is 0 Å². The Morgan fingerprint density at radius 1 is 1.20 bits per heavy atom. The normalized spacial score (nSPS) is 10.1. The molecule has 6 heteroatoms. The molecular formula is C14H13FN2O3. The van der Waals surface area contributed by atoms with E-state index in [-0.39, 0.29) is 17.0 Å². The van der Waals surface area contributed by atoms with E-state index in [1.807, 2.05) is 0 Å². The Morgan fingerprint density at radius 3 is 2.55 bits per heavy atom. The molecule has 1 amide bonds. The zero-order chi connectivity index (χ0) is 14.7. The second-order valence-corrected chi connectivity index (χ2v) is 4.02. The highest BCUT2D eigenvalue weighted by Gasteiger charge is 2.13. The number of primary amides is 1. The number of hydrogen-bond acceptors (Lipinski definition) is 4. The van der Waals surface area contributed by atoms with Gasteiger partial charge in [0.1, 0.15) is 11.5 Å². The number of carbonyl (C=O) groups is 1. The molecule has 2 aromatic rings. The first-order valence-electron chi connectivity index (χ1n) is 5.72. The van der Waals surface area contributed by atoms with Crippen LogP contribution in [0.4, 0.5) is 10.1 Å². The number of hydrogen-bond donors (Lipinski definition) is 2.